The fourth-order valence-corrected chi connectivity index (χ4v) is 4.31. The van der Waals surface area contributed by atoms with Crippen LogP contribution < -0.4 is 5.32 Å². The Morgan fingerprint density at radius 3 is 2.43 bits per heavy atom. The number of amides is 1. The van der Waals surface area contributed by atoms with Gasteiger partial charge in [-0.2, -0.15) is 0 Å². The highest BCUT2D eigenvalue weighted by Crippen LogP contribution is 2.36. The summed E-state index contributed by atoms with van der Waals surface area (Å²) in [6.45, 7) is 3.92. The van der Waals surface area contributed by atoms with Gasteiger partial charge < -0.3 is 29.0 Å². The van der Waals surface area contributed by atoms with Crippen molar-refractivity contribution in [3.63, 3.8) is 0 Å². The first kappa shape index (κ1) is 25.3. The minimum atomic E-state index is -0.857. The molecule has 0 aliphatic carbocycles. The summed E-state index contributed by atoms with van der Waals surface area (Å²) in [5, 5.41) is 2.88. The maximum atomic E-state index is 12.7. The number of rotatable bonds is 9. The topological polar surface area (TPSA) is 92.3 Å². The van der Waals surface area contributed by atoms with Gasteiger partial charge in [0.05, 0.1) is 13.2 Å². The van der Waals surface area contributed by atoms with Gasteiger partial charge in [-0.3, -0.25) is 9.59 Å². The third kappa shape index (κ3) is 6.67. The molecule has 6 atom stereocenters. The summed E-state index contributed by atoms with van der Waals surface area (Å²) < 4.78 is 30.5. The number of carbonyl (C=O) groups is 2. The number of esters is 1. The van der Waals surface area contributed by atoms with E-state index in [0.29, 0.717) is 6.42 Å². The summed E-state index contributed by atoms with van der Waals surface area (Å²) >= 11 is 0. The molecule has 2 aromatic carbocycles. The second kappa shape index (κ2) is 12.3. The average molecular weight is 484 g/mol. The van der Waals surface area contributed by atoms with Gasteiger partial charge in [0.1, 0.15) is 18.2 Å². The van der Waals surface area contributed by atoms with Gasteiger partial charge in [-0.15, -0.1) is 0 Å². The van der Waals surface area contributed by atoms with Gasteiger partial charge in [0.2, 0.25) is 5.91 Å². The van der Waals surface area contributed by atoms with E-state index in [0.717, 1.165) is 17.5 Å². The standard InChI is InChI=1S/C27H33NO7/c1-3-4-15-22(30)34-25-23(28-18(2)29)27(31-16-19-11-7-5-8-12-19)33-21-17-32-26(35-24(21)25)20-13-9-6-10-14-20/h5-14,21,23-27H,3-4,15-17H2,1-2H3,(H,28,29)/t21?,23-,24+,25?,26?,27+/m0/s1. The molecule has 2 aliphatic rings. The Morgan fingerprint density at radius 2 is 1.74 bits per heavy atom. The zero-order chi connectivity index (χ0) is 24.6. The summed E-state index contributed by atoms with van der Waals surface area (Å²) in [6.07, 6.45) is -1.62. The van der Waals surface area contributed by atoms with Crippen LogP contribution in [0.15, 0.2) is 60.7 Å². The number of benzene rings is 2. The molecule has 0 bridgehead atoms. The lowest BCUT2D eigenvalue weighted by molar-refractivity contribution is -0.346. The smallest absolute Gasteiger partial charge is 0.306 e. The molecule has 4 rings (SSSR count). The van der Waals surface area contributed by atoms with Gasteiger partial charge in [-0.25, -0.2) is 0 Å². The molecule has 0 spiro atoms. The normalized spacial score (nSPS) is 28.1. The van der Waals surface area contributed by atoms with Crippen LogP contribution in [-0.4, -0.2) is 49.1 Å². The number of carbonyl (C=O) groups excluding carboxylic acids is 2. The third-order valence-corrected chi connectivity index (χ3v) is 6.04. The van der Waals surface area contributed by atoms with Crippen LogP contribution >= 0.6 is 0 Å². The van der Waals surface area contributed by atoms with Crippen LogP contribution in [0.25, 0.3) is 0 Å². The first-order valence-corrected chi connectivity index (χ1v) is 12.1. The molecule has 3 unspecified atom stereocenters. The van der Waals surface area contributed by atoms with Gasteiger partial charge in [0.15, 0.2) is 18.7 Å². The number of ether oxygens (including phenoxy) is 5. The Balaban J connectivity index is 1.57. The van der Waals surface area contributed by atoms with E-state index < -0.39 is 36.9 Å². The van der Waals surface area contributed by atoms with Crippen molar-refractivity contribution >= 4 is 11.9 Å². The lowest BCUT2D eigenvalue weighted by atomic mass is 9.95. The van der Waals surface area contributed by atoms with Gasteiger partial charge in [0.25, 0.3) is 0 Å². The Bertz CT molecular complexity index is 955. The predicted octanol–water partition coefficient (Wildman–Crippen LogP) is 3.65. The molecule has 2 heterocycles. The summed E-state index contributed by atoms with van der Waals surface area (Å²) in [7, 11) is 0. The van der Waals surface area contributed by atoms with E-state index in [1.165, 1.54) is 6.92 Å². The van der Waals surface area contributed by atoms with E-state index in [-0.39, 0.29) is 31.5 Å². The number of hydrogen-bond donors (Lipinski definition) is 1. The molecule has 2 fully saturated rings. The highest BCUT2D eigenvalue weighted by atomic mass is 16.8. The first-order valence-electron chi connectivity index (χ1n) is 12.1. The van der Waals surface area contributed by atoms with Crippen molar-refractivity contribution in [2.75, 3.05) is 6.61 Å². The van der Waals surface area contributed by atoms with Crippen LogP contribution in [0.1, 0.15) is 50.5 Å². The minimum absolute atomic E-state index is 0.227. The summed E-state index contributed by atoms with van der Waals surface area (Å²) in [5.74, 6) is -0.632. The summed E-state index contributed by atoms with van der Waals surface area (Å²) in [6, 6.07) is 18.5. The molecule has 1 N–H and O–H groups in total. The SMILES string of the molecule is CCCCC(=O)OC1[C@@H]2OC(c3ccccc3)OCC2O[C@@H](OCc2ccccc2)[C@H]1NC(C)=O. The maximum absolute atomic E-state index is 12.7. The van der Waals surface area contributed by atoms with E-state index in [1.54, 1.807) is 0 Å². The highest BCUT2D eigenvalue weighted by molar-refractivity contribution is 5.73. The van der Waals surface area contributed by atoms with Gasteiger partial charge in [-0.1, -0.05) is 74.0 Å². The Morgan fingerprint density at radius 1 is 1.03 bits per heavy atom. The van der Waals surface area contributed by atoms with Crippen molar-refractivity contribution in [1.82, 2.24) is 5.32 Å². The van der Waals surface area contributed by atoms with Gasteiger partial charge >= 0.3 is 5.97 Å². The van der Waals surface area contributed by atoms with E-state index in [9.17, 15) is 9.59 Å². The van der Waals surface area contributed by atoms with Gasteiger partial charge in [0, 0.05) is 18.9 Å². The van der Waals surface area contributed by atoms with Crippen molar-refractivity contribution in [3.8, 4) is 0 Å². The molecule has 2 aliphatic heterocycles. The monoisotopic (exact) mass is 483 g/mol. The maximum Gasteiger partial charge on any atom is 0.306 e. The second-order valence-corrected chi connectivity index (χ2v) is 8.80. The fraction of sp³-hybridized carbons (Fsp3) is 0.481. The van der Waals surface area contributed by atoms with Crippen molar-refractivity contribution in [2.24, 2.45) is 0 Å². The quantitative estimate of drug-likeness (QED) is 0.544. The lowest BCUT2D eigenvalue weighted by Crippen LogP contribution is -2.67. The van der Waals surface area contributed by atoms with Crippen molar-refractivity contribution in [2.45, 2.75) is 76.7 Å². The highest BCUT2D eigenvalue weighted by Gasteiger charge is 2.52. The molecule has 8 heteroatoms. The zero-order valence-corrected chi connectivity index (χ0v) is 20.1. The van der Waals surface area contributed by atoms with Crippen molar-refractivity contribution in [3.05, 3.63) is 71.8 Å². The van der Waals surface area contributed by atoms with E-state index in [1.807, 2.05) is 67.6 Å². The van der Waals surface area contributed by atoms with Crippen LogP contribution in [0.4, 0.5) is 0 Å². The van der Waals surface area contributed by atoms with E-state index in [2.05, 4.69) is 5.32 Å². The zero-order valence-electron chi connectivity index (χ0n) is 20.1. The van der Waals surface area contributed by atoms with Crippen molar-refractivity contribution < 1.29 is 33.3 Å². The van der Waals surface area contributed by atoms with Crippen LogP contribution in [0.2, 0.25) is 0 Å². The number of unbranched alkanes of at least 4 members (excludes halogenated alkanes) is 1. The van der Waals surface area contributed by atoms with E-state index >= 15 is 0 Å². The second-order valence-electron chi connectivity index (χ2n) is 8.80. The minimum Gasteiger partial charge on any atom is -0.457 e. The Labute approximate surface area is 205 Å². The lowest BCUT2D eigenvalue weighted by Gasteiger charge is -2.48. The molecule has 188 valence electrons. The first-order chi connectivity index (χ1) is 17.0. The Hall–Kier alpha value is -2.78. The average Bonchev–Trinajstić information content (AvgIpc) is 2.88. The summed E-state index contributed by atoms with van der Waals surface area (Å²) in [4.78, 5) is 24.9. The number of nitrogens with one attached hydrogen (secondary N) is 1. The molecule has 0 radical (unpaired) electrons. The molecular formula is C27H33NO7. The molecule has 0 aromatic heterocycles. The largest absolute Gasteiger partial charge is 0.457 e. The van der Waals surface area contributed by atoms with Crippen LogP contribution in [-0.2, 0) is 39.9 Å². The molecule has 2 saturated heterocycles. The van der Waals surface area contributed by atoms with Crippen LogP contribution in [0, 0.1) is 0 Å². The van der Waals surface area contributed by atoms with E-state index in [4.69, 9.17) is 23.7 Å². The summed E-state index contributed by atoms with van der Waals surface area (Å²) in [5.41, 5.74) is 1.80. The Kier molecular flexibility index (Phi) is 8.87. The molecule has 2 aromatic rings. The fourth-order valence-electron chi connectivity index (χ4n) is 4.31. The molecular weight excluding hydrogens is 450 g/mol. The van der Waals surface area contributed by atoms with Gasteiger partial charge in [-0.05, 0) is 12.0 Å². The van der Waals surface area contributed by atoms with Crippen LogP contribution in [0.3, 0.4) is 0 Å². The molecule has 1 amide bonds. The van der Waals surface area contributed by atoms with Crippen molar-refractivity contribution in [1.29, 1.82) is 0 Å². The molecule has 8 nitrogen and oxygen atoms in total. The molecule has 0 saturated carbocycles. The molecule has 35 heavy (non-hydrogen) atoms. The number of fused-ring (bicyclic) bond motifs is 1. The predicted molar refractivity (Wildman–Crippen MR) is 127 cm³/mol. The third-order valence-electron chi connectivity index (χ3n) is 6.04. The van der Waals surface area contributed by atoms with Crippen LogP contribution in [0.5, 0.6) is 0 Å². The number of hydrogen-bond acceptors (Lipinski definition) is 7.